The topological polar surface area (TPSA) is 46.5 Å². The molecular formula is C22H14N4. The molecule has 4 heteroatoms. The van der Waals surface area contributed by atoms with Crippen molar-refractivity contribution in [3.63, 3.8) is 0 Å². The van der Waals surface area contributed by atoms with Crippen LogP contribution in [0.3, 0.4) is 0 Å². The van der Waals surface area contributed by atoms with E-state index in [4.69, 9.17) is 4.98 Å². The molecule has 0 unspecified atom stereocenters. The first-order valence-corrected chi connectivity index (χ1v) is 8.62. The molecule has 2 aromatic carbocycles. The molecule has 0 saturated heterocycles. The molecule has 1 N–H and O–H groups in total. The Kier molecular flexibility index (Phi) is 2.58. The molecule has 4 aromatic heterocycles. The number of nitrogens with one attached hydrogen (secondary N) is 1. The first-order valence-electron chi connectivity index (χ1n) is 8.62. The number of para-hydroxylation sites is 2. The first kappa shape index (κ1) is 13.6. The van der Waals surface area contributed by atoms with Gasteiger partial charge in [-0.15, -0.1) is 0 Å². The van der Waals surface area contributed by atoms with Gasteiger partial charge in [0.15, 0.2) is 0 Å². The summed E-state index contributed by atoms with van der Waals surface area (Å²) in [5, 5.41) is 3.40. The predicted molar refractivity (Wildman–Crippen MR) is 106 cm³/mol. The summed E-state index contributed by atoms with van der Waals surface area (Å²) in [5.74, 6) is 0. The number of nitrogens with zero attached hydrogens (tertiary/aromatic N) is 3. The van der Waals surface area contributed by atoms with Crippen molar-refractivity contribution in [1.82, 2.24) is 19.5 Å². The standard InChI is InChI=1S/C22H14N4/c1-2-7-14(8-3-1)26-19-11-5-4-9-15(19)16-13-17-20-18(10-6-12-23-20)24-21(17)25-22(16)26/h1-13H,(H,24,25). The number of benzene rings is 2. The van der Waals surface area contributed by atoms with Crippen molar-refractivity contribution in [2.24, 2.45) is 0 Å². The van der Waals surface area contributed by atoms with Crippen LogP contribution in [0.2, 0.25) is 0 Å². The summed E-state index contributed by atoms with van der Waals surface area (Å²) in [7, 11) is 0. The quantitative estimate of drug-likeness (QED) is 0.449. The third-order valence-corrected chi connectivity index (χ3v) is 4.98. The minimum absolute atomic E-state index is 0.867. The van der Waals surface area contributed by atoms with Crippen LogP contribution in [0, 0.1) is 0 Å². The fraction of sp³-hybridized carbons (Fsp3) is 0. The van der Waals surface area contributed by atoms with Crippen molar-refractivity contribution in [2.75, 3.05) is 0 Å². The van der Waals surface area contributed by atoms with Gasteiger partial charge in [0.05, 0.1) is 16.6 Å². The zero-order chi connectivity index (χ0) is 17.1. The Balaban J connectivity index is 1.85. The van der Waals surface area contributed by atoms with E-state index in [2.05, 4.69) is 69.1 Å². The van der Waals surface area contributed by atoms with Crippen molar-refractivity contribution in [3.8, 4) is 5.69 Å². The highest BCUT2D eigenvalue weighted by Gasteiger charge is 2.16. The van der Waals surface area contributed by atoms with E-state index in [9.17, 15) is 0 Å². The second kappa shape index (κ2) is 4.92. The molecule has 0 amide bonds. The van der Waals surface area contributed by atoms with Gasteiger partial charge in [-0.3, -0.25) is 9.55 Å². The molecule has 122 valence electrons. The number of fused-ring (bicyclic) bond motifs is 6. The van der Waals surface area contributed by atoms with E-state index >= 15 is 0 Å². The molecular weight excluding hydrogens is 320 g/mol. The van der Waals surface area contributed by atoms with Crippen LogP contribution in [-0.2, 0) is 0 Å². The zero-order valence-corrected chi connectivity index (χ0v) is 13.8. The van der Waals surface area contributed by atoms with Crippen molar-refractivity contribution in [2.45, 2.75) is 0 Å². The van der Waals surface area contributed by atoms with Gasteiger partial charge in [-0.05, 0) is 36.4 Å². The maximum absolute atomic E-state index is 5.00. The van der Waals surface area contributed by atoms with Gasteiger partial charge in [0.25, 0.3) is 0 Å². The summed E-state index contributed by atoms with van der Waals surface area (Å²) in [4.78, 5) is 12.9. The Morgan fingerprint density at radius 1 is 0.769 bits per heavy atom. The molecule has 4 heterocycles. The van der Waals surface area contributed by atoms with E-state index in [0.717, 1.165) is 44.3 Å². The Labute approximate surface area is 148 Å². The van der Waals surface area contributed by atoms with E-state index in [1.54, 1.807) is 0 Å². The monoisotopic (exact) mass is 334 g/mol. The molecule has 0 fully saturated rings. The average molecular weight is 334 g/mol. The fourth-order valence-electron chi connectivity index (χ4n) is 3.85. The second-order valence-electron chi connectivity index (χ2n) is 6.47. The first-order chi connectivity index (χ1) is 12.9. The molecule has 0 aliphatic carbocycles. The van der Waals surface area contributed by atoms with Crippen LogP contribution >= 0.6 is 0 Å². The summed E-state index contributed by atoms with van der Waals surface area (Å²) >= 11 is 0. The number of pyridine rings is 2. The molecule has 0 aliphatic heterocycles. The van der Waals surface area contributed by atoms with Crippen LogP contribution in [0.5, 0.6) is 0 Å². The largest absolute Gasteiger partial charge is 0.338 e. The van der Waals surface area contributed by atoms with Gasteiger partial charge < -0.3 is 4.98 Å². The van der Waals surface area contributed by atoms with Crippen molar-refractivity contribution < 1.29 is 0 Å². The molecule has 0 spiro atoms. The Morgan fingerprint density at radius 3 is 2.54 bits per heavy atom. The van der Waals surface area contributed by atoms with Gasteiger partial charge in [0.1, 0.15) is 11.3 Å². The minimum atomic E-state index is 0.867. The van der Waals surface area contributed by atoms with Gasteiger partial charge in [-0.2, -0.15) is 0 Å². The van der Waals surface area contributed by atoms with Gasteiger partial charge >= 0.3 is 0 Å². The smallest absolute Gasteiger partial charge is 0.148 e. The Morgan fingerprint density at radius 2 is 1.62 bits per heavy atom. The second-order valence-corrected chi connectivity index (χ2v) is 6.47. The lowest BCUT2D eigenvalue weighted by atomic mass is 10.1. The molecule has 0 bridgehead atoms. The van der Waals surface area contributed by atoms with Crippen LogP contribution in [0.4, 0.5) is 0 Å². The van der Waals surface area contributed by atoms with Crippen LogP contribution in [0.1, 0.15) is 0 Å². The highest BCUT2D eigenvalue weighted by atomic mass is 15.1. The summed E-state index contributed by atoms with van der Waals surface area (Å²) in [5.41, 5.74) is 6.07. The van der Waals surface area contributed by atoms with Crippen LogP contribution in [-0.4, -0.2) is 19.5 Å². The van der Waals surface area contributed by atoms with E-state index in [0.29, 0.717) is 0 Å². The third-order valence-electron chi connectivity index (χ3n) is 4.98. The molecule has 0 radical (unpaired) electrons. The van der Waals surface area contributed by atoms with Gasteiger partial charge in [-0.25, -0.2) is 4.98 Å². The summed E-state index contributed by atoms with van der Waals surface area (Å²) in [6, 6.07) is 25.0. The van der Waals surface area contributed by atoms with Crippen LogP contribution in [0.25, 0.3) is 49.7 Å². The van der Waals surface area contributed by atoms with Crippen molar-refractivity contribution in [1.29, 1.82) is 0 Å². The predicted octanol–water partition coefficient (Wildman–Crippen LogP) is 5.21. The fourth-order valence-corrected chi connectivity index (χ4v) is 3.85. The highest BCUT2D eigenvalue weighted by molar-refractivity contribution is 6.14. The summed E-state index contributed by atoms with van der Waals surface area (Å²) in [6.07, 6.45) is 1.83. The highest BCUT2D eigenvalue weighted by Crippen LogP contribution is 2.34. The number of hydrogen-bond acceptors (Lipinski definition) is 2. The van der Waals surface area contributed by atoms with Crippen LogP contribution < -0.4 is 0 Å². The third kappa shape index (κ3) is 1.73. The Hall–Kier alpha value is -3.66. The number of rotatable bonds is 1. The number of hydrogen-bond donors (Lipinski definition) is 1. The molecule has 0 aliphatic rings. The van der Waals surface area contributed by atoms with E-state index in [1.165, 1.54) is 5.39 Å². The normalized spacial score (nSPS) is 11.8. The average Bonchev–Trinajstić information content (AvgIpc) is 3.22. The Bertz CT molecular complexity index is 1420. The van der Waals surface area contributed by atoms with Gasteiger partial charge in [0, 0.05) is 28.0 Å². The van der Waals surface area contributed by atoms with Gasteiger partial charge in [-0.1, -0.05) is 36.4 Å². The number of aromatic nitrogens is 4. The molecule has 6 aromatic rings. The lowest BCUT2D eigenvalue weighted by Gasteiger charge is -2.06. The maximum atomic E-state index is 5.00. The lowest BCUT2D eigenvalue weighted by molar-refractivity contribution is 1.14. The van der Waals surface area contributed by atoms with Crippen molar-refractivity contribution in [3.05, 3.63) is 79.0 Å². The molecule has 0 saturated carbocycles. The molecule has 26 heavy (non-hydrogen) atoms. The SMILES string of the molecule is c1ccc(-n2c3ccccc3c3cc4c(nc32)[nH]c2cccnc24)cc1. The minimum Gasteiger partial charge on any atom is -0.338 e. The van der Waals surface area contributed by atoms with E-state index in [1.807, 2.05) is 24.4 Å². The maximum Gasteiger partial charge on any atom is 0.148 e. The molecule has 4 nitrogen and oxygen atoms in total. The zero-order valence-electron chi connectivity index (χ0n) is 13.8. The van der Waals surface area contributed by atoms with E-state index < -0.39 is 0 Å². The number of aromatic amines is 1. The summed E-state index contributed by atoms with van der Waals surface area (Å²) < 4.78 is 2.23. The van der Waals surface area contributed by atoms with Crippen molar-refractivity contribution >= 4 is 44.0 Å². The van der Waals surface area contributed by atoms with Crippen LogP contribution in [0.15, 0.2) is 79.0 Å². The van der Waals surface area contributed by atoms with Gasteiger partial charge in [0.2, 0.25) is 0 Å². The lowest BCUT2D eigenvalue weighted by Crippen LogP contribution is -1.95. The number of H-pyrrole nitrogens is 1. The molecule has 6 rings (SSSR count). The van der Waals surface area contributed by atoms with E-state index in [-0.39, 0.29) is 0 Å². The summed E-state index contributed by atoms with van der Waals surface area (Å²) in [6.45, 7) is 0. The molecule has 0 atom stereocenters.